The molecular weight excluding hydrogens is 529 g/mol. The number of methoxy groups -OCH3 is 2. The molecule has 0 aromatic heterocycles. The fourth-order valence-electron chi connectivity index (χ4n) is 3.43. The molecule has 0 spiro atoms. The van der Waals surface area contributed by atoms with Crippen LogP contribution in [-0.2, 0) is 29.3 Å². The van der Waals surface area contributed by atoms with Crippen LogP contribution in [0.4, 0.5) is 0 Å². The van der Waals surface area contributed by atoms with Gasteiger partial charge < -0.3 is 33.1 Å². The van der Waals surface area contributed by atoms with E-state index in [1.165, 1.54) is 14.2 Å². The normalized spacial score (nSPS) is 11.7. The van der Waals surface area contributed by atoms with Crippen LogP contribution in [0.2, 0.25) is 0 Å². The standard InChI is InChI=1S/C23H25O9PS.2Na/c1-29-21-12-8-19(9-13-21)23(18-6-4-3-5-7-18,20-10-14-22(30-2)15-11-20)31-16-34(27,28)17-32-33(24,25)26;;/h3-15H,16-17H2,1-2H3,(H2,24,25,26);;/q;2*+1/p-2. The van der Waals surface area contributed by atoms with Gasteiger partial charge in [-0.25, -0.2) is 8.42 Å². The van der Waals surface area contributed by atoms with Gasteiger partial charge in [-0.2, -0.15) is 0 Å². The molecule has 0 atom stereocenters. The maximum absolute atomic E-state index is 12.5. The van der Waals surface area contributed by atoms with Crippen molar-refractivity contribution >= 4 is 17.7 Å². The third-order valence-corrected chi connectivity index (χ3v) is 6.59. The number of hydrogen-bond acceptors (Lipinski definition) is 9. The SMILES string of the molecule is COc1ccc(C(OCS(=O)(=O)COP(=O)([O-])[O-])(c2ccccc2)c2ccc(OC)cc2)cc1.[Na+].[Na+]. The second-order valence-electron chi connectivity index (χ2n) is 7.20. The summed E-state index contributed by atoms with van der Waals surface area (Å²) in [6.45, 7) is 0. The van der Waals surface area contributed by atoms with Gasteiger partial charge in [0, 0.05) is 0 Å². The molecule has 0 amide bonds. The van der Waals surface area contributed by atoms with Crippen molar-refractivity contribution in [3.63, 3.8) is 0 Å². The molecule has 0 fully saturated rings. The molecule has 3 aromatic carbocycles. The van der Waals surface area contributed by atoms with Crippen molar-refractivity contribution in [2.24, 2.45) is 0 Å². The predicted molar refractivity (Wildman–Crippen MR) is 121 cm³/mol. The Labute approximate surface area is 254 Å². The van der Waals surface area contributed by atoms with Crippen molar-refractivity contribution in [1.29, 1.82) is 0 Å². The van der Waals surface area contributed by atoms with Gasteiger partial charge in [-0.1, -0.05) is 54.6 Å². The van der Waals surface area contributed by atoms with Crippen LogP contribution < -0.4 is 78.4 Å². The zero-order chi connectivity index (χ0) is 24.8. The molecular formula is C23H23Na2O9PS. The fourth-order valence-corrected chi connectivity index (χ4v) is 5.01. The molecule has 0 aliphatic heterocycles. The summed E-state index contributed by atoms with van der Waals surface area (Å²) >= 11 is 0. The average Bonchev–Trinajstić information content (AvgIpc) is 2.84. The number of rotatable bonds is 11. The first-order valence-corrected chi connectivity index (χ1v) is 13.2. The molecule has 0 radical (unpaired) electrons. The molecule has 0 saturated heterocycles. The van der Waals surface area contributed by atoms with E-state index in [4.69, 9.17) is 14.2 Å². The second kappa shape index (κ2) is 14.4. The third-order valence-electron chi connectivity index (χ3n) is 5.02. The summed E-state index contributed by atoms with van der Waals surface area (Å²) in [5.41, 5.74) is 0.351. The van der Waals surface area contributed by atoms with Crippen molar-refractivity contribution in [3.05, 3.63) is 95.6 Å². The van der Waals surface area contributed by atoms with Gasteiger partial charge in [-0.15, -0.1) is 0 Å². The molecule has 9 nitrogen and oxygen atoms in total. The van der Waals surface area contributed by atoms with E-state index in [2.05, 4.69) is 4.52 Å². The molecule has 13 heteroatoms. The fraction of sp³-hybridized carbons (Fsp3) is 0.217. The second-order valence-corrected chi connectivity index (χ2v) is 10.3. The average molecular weight is 552 g/mol. The third kappa shape index (κ3) is 8.66. The van der Waals surface area contributed by atoms with Gasteiger partial charge in [0.15, 0.2) is 21.7 Å². The van der Waals surface area contributed by atoms with Gasteiger partial charge in [0.2, 0.25) is 0 Å². The van der Waals surface area contributed by atoms with Crippen LogP contribution in [0, 0.1) is 0 Å². The van der Waals surface area contributed by atoms with E-state index >= 15 is 0 Å². The van der Waals surface area contributed by atoms with Gasteiger partial charge in [0.1, 0.15) is 17.1 Å². The first-order valence-electron chi connectivity index (χ1n) is 9.95. The van der Waals surface area contributed by atoms with Gasteiger partial charge >= 0.3 is 59.1 Å². The van der Waals surface area contributed by atoms with E-state index in [-0.39, 0.29) is 59.1 Å². The molecule has 0 aliphatic carbocycles. The number of ether oxygens (including phenoxy) is 3. The van der Waals surface area contributed by atoms with E-state index in [0.29, 0.717) is 28.2 Å². The van der Waals surface area contributed by atoms with Crippen LogP contribution in [0.5, 0.6) is 11.5 Å². The molecule has 3 rings (SSSR count). The van der Waals surface area contributed by atoms with Crippen LogP contribution >= 0.6 is 7.82 Å². The summed E-state index contributed by atoms with van der Waals surface area (Å²) in [5.74, 6) is -1.08. The van der Waals surface area contributed by atoms with Crippen LogP contribution in [0.25, 0.3) is 0 Å². The zero-order valence-corrected chi connectivity index (χ0v) is 26.2. The summed E-state index contributed by atoms with van der Waals surface area (Å²) in [4.78, 5) is 21.6. The summed E-state index contributed by atoms with van der Waals surface area (Å²) in [5, 5.41) is 0. The Morgan fingerprint density at radius 3 is 1.53 bits per heavy atom. The quantitative estimate of drug-likeness (QED) is 0.133. The summed E-state index contributed by atoms with van der Waals surface area (Å²) in [6.07, 6.45) is 0. The monoisotopic (exact) mass is 552 g/mol. The van der Waals surface area contributed by atoms with Crippen molar-refractivity contribution in [2.45, 2.75) is 5.60 Å². The maximum Gasteiger partial charge on any atom is 1.00 e. The molecule has 0 bridgehead atoms. The van der Waals surface area contributed by atoms with E-state index in [1.54, 1.807) is 78.9 Å². The first-order chi connectivity index (χ1) is 16.1. The van der Waals surface area contributed by atoms with E-state index in [9.17, 15) is 22.8 Å². The molecule has 3 aromatic rings. The van der Waals surface area contributed by atoms with Gasteiger partial charge in [0.05, 0.1) is 22.0 Å². The van der Waals surface area contributed by atoms with Crippen molar-refractivity contribution in [1.82, 2.24) is 0 Å². The van der Waals surface area contributed by atoms with Crippen molar-refractivity contribution in [3.8, 4) is 11.5 Å². The molecule has 0 aliphatic rings. The van der Waals surface area contributed by atoms with Gasteiger partial charge in [0.25, 0.3) is 0 Å². The molecule has 0 saturated carbocycles. The zero-order valence-electron chi connectivity index (χ0n) is 20.4. The Balaban J connectivity index is 0.00000324. The van der Waals surface area contributed by atoms with Gasteiger partial charge in [-0.3, -0.25) is 0 Å². The Hall–Kier alpha value is -0.720. The number of benzene rings is 3. The molecule has 36 heavy (non-hydrogen) atoms. The Kier molecular flexibility index (Phi) is 13.4. The van der Waals surface area contributed by atoms with Crippen LogP contribution in [0.1, 0.15) is 16.7 Å². The van der Waals surface area contributed by atoms with Crippen molar-refractivity contribution in [2.75, 3.05) is 26.1 Å². The summed E-state index contributed by atoms with van der Waals surface area (Å²) in [6, 6.07) is 22.7. The number of hydrogen-bond donors (Lipinski definition) is 0. The van der Waals surface area contributed by atoms with Crippen molar-refractivity contribution < 1.29 is 101 Å². The van der Waals surface area contributed by atoms with Gasteiger partial charge in [-0.05, 0) is 41.0 Å². The topological polar surface area (TPSA) is 134 Å². The minimum Gasteiger partial charge on any atom is -0.790 e. The largest absolute Gasteiger partial charge is 1.00 e. The summed E-state index contributed by atoms with van der Waals surface area (Å²) in [7, 11) is -6.70. The van der Waals surface area contributed by atoms with E-state index in [0.717, 1.165) is 0 Å². The Morgan fingerprint density at radius 2 is 1.14 bits per heavy atom. The summed E-state index contributed by atoms with van der Waals surface area (Å²) < 4.78 is 56.4. The van der Waals surface area contributed by atoms with Crippen LogP contribution in [0.15, 0.2) is 78.9 Å². The molecule has 0 heterocycles. The Morgan fingerprint density at radius 1 is 0.722 bits per heavy atom. The maximum atomic E-state index is 12.5. The van der Waals surface area contributed by atoms with E-state index < -0.39 is 35.1 Å². The Bertz CT molecular complexity index is 1190. The van der Waals surface area contributed by atoms with E-state index in [1.807, 2.05) is 0 Å². The molecule has 0 unspecified atom stereocenters. The van der Waals surface area contributed by atoms with Crippen LogP contribution in [0.3, 0.4) is 0 Å². The number of sulfone groups is 1. The predicted octanol–water partition coefficient (Wildman–Crippen LogP) is -3.80. The first kappa shape index (κ1) is 33.3. The minimum absolute atomic E-state index is 0. The number of phosphoric acid groups is 1. The number of phosphoric ester groups is 1. The molecule has 182 valence electrons. The minimum atomic E-state index is -5.48. The smallest absolute Gasteiger partial charge is 0.790 e. The van der Waals surface area contributed by atoms with Crippen LogP contribution in [-0.4, -0.2) is 34.5 Å². The molecule has 0 N–H and O–H groups in total.